The van der Waals surface area contributed by atoms with Crippen LogP contribution < -0.4 is 0 Å². The van der Waals surface area contributed by atoms with Gasteiger partial charge in [0.2, 0.25) is 0 Å². The predicted octanol–water partition coefficient (Wildman–Crippen LogP) is 2.27. The SMILES string of the molecule is C1=CC23C=CC=CC2(C=C1)[Si]3. The van der Waals surface area contributed by atoms with E-state index in [0.29, 0.717) is 10.1 Å². The Balaban J connectivity index is 2.19. The molecule has 3 aliphatic rings. The smallest absolute Gasteiger partial charge is 0.0764 e. The van der Waals surface area contributed by atoms with E-state index in [-0.39, 0.29) is 0 Å². The van der Waals surface area contributed by atoms with Crippen LogP contribution in [-0.4, -0.2) is 9.52 Å². The molecule has 0 N–H and O–H groups in total. The molecule has 0 unspecified atom stereocenters. The minimum Gasteiger partial charge on any atom is -0.0770 e. The summed E-state index contributed by atoms with van der Waals surface area (Å²) in [5.41, 5.74) is 0. The topological polar surface area (TPSA) is 0 Å². The Hall–Kier alpha value is -0.823. The van der Waals surface area contributed by atoms with Gasteiger partial charge in [0.1, 0.15) is 0 Å². The molecule has 0 bridgehead atoms. The molecule has 1 saturated heterocycles. The van der Waals surface area contributed by atoms with Gasteiger partial charge in [0.25, 0.3) is 0 Å². The van der Waals surface area contributed by atoms with E-state index in [1.54, 1.807) is 0 Å². The summed E-state index contributed by atoms with van der Waals surface area (Å²) in [5.74, 6) is 0. The van der Waals surface area contributed by atoms with E-state index >= 15 is 0 Å². The van der Waals surface area contributed by atoms with Crippen molar-refractivity contribution in [3.05, 3.63) is 48.6 Å². The molecule has 0 amide bonds. The van der Waals surface area contributed by atoms with Crippen molar-refractivity contribution in [1.29, 1.82) is 0 Å². The zero-order valence-corrected chi connectivity index (χ0v) is 7.12. The summed E-state index contributed by atoms with van der Waals surface area (Å²) < 4.78 is 0. The van der Waals surface area contributed by atoms with Crippen LogP contribution in [0.25, 0.3) is 0 Å². The molecule has 1 aliphatic heterocycles. The van der Waals surface area contributed by atoms with Crippen LogP contribution >= 0.6 is 0 Å². The second-order valence-electron chi connectivity index (χ2n) is 3.30. The summed E-state index contributed by atoms with van der Waals surface area (Å²) in [4.78, 5) is 0. The first-order valence-electron chi connectivity index (χ1n) is 3.90. The lowest BCUT2D eigenvalue weighted by molar-refractivity contribution is 0.849. The van der Waals surface area contributed by atoms with Gasteiger partial charge in [0, 0.05) is 10.1 Å². The van der Waals surface area contributed by atoms with Gasteiger partial charge in [-0.1, -0.05) is 48.6 Å². The Morgan fingerprint density at radius 1 is 0.636 bits per heavy atom. The van der Waals surface area contributed by atoms with Crippen molar-refractivity contribution < 1.29 is 0 Å². The van der Waals surface area contributed by atoms with E-state index in [0.717, 1.165) is 9.52 Å². The van der Waals surface area contributed by atoms with E-state index in [9.17, 15) is 0 Å². The van der Waals surface area contributed by atoms with Gasteiger partial charge < -0.3 is 0 Å². The van der Waals surface area contributed by atoms with E-state index in [2.05, 4.69) is 48.6 Å². The molecule has 0 aromatic rings. The lowest BCUT2D eigenvalue weighted by Crippen LogP contribution is -1.97. The van der Waals surface area contributed by atoms with Gasteiger partial charge in [0.05, 0.1) is 9.52 Å². The Morgan fingerprint density at radius 2 is 1.00 bits per heavy atom. The van der Waals surface area contributed by atoms with E-state index in [4.69, 9.17) is 0 Å². The standard InChI is InChI=1S/C10H8Si/c1-2-6-10-8-4-3-7-9(10,5-1)11-10/h1-8H. The Kier molecular flexibility index (Phi) is 0.792. The van der Waals surface area contributed by atoms with Gasteiger partial charge in [-0.15, -0.1) is 0 Å². The Labute approximate surface area is 68.8 Å². The molecule has 3 rings (SSSR count). The van der Waals surface area contributed by atoms with E-state index in [1.807, 2.05) is 0 Å². The molecule has 0 aromatic carbocycles. The average molecular weight is 156 g/mol. The third-order valence-electron chi connectivity index (χ3n) is 2.69. The molecule has 0 atom stereocenters. The van der Waals surface area contributed by atoms with E-state index in [1.165, 1.54) is 0 Å². The zero-order chi connectivity index (χ0) is 7.36. The third-order valence-corrected chi connectivity index (χ3v) is 4.77. The number of allylic oxidation sites excluding steroid dienone is 8. The number of hydrogen-bond donors (Lipinski definition) is 0. The predicted molar refractivity (Wildman–Crippen MR) is 47.7 cm³/mol. The summed E-state index contributed by atoms with van der Waals surface area (Å²) in [5, 5.41) is 0.826. The summed E-state index contributed by atoms with van der Waals surface area (Å²) >= 11 is 0. The van der Waals surface area contributed by atoms with Crippen molar-refractivity contribution in [3.63, 3.8) is 0 Å². The van der Waals surface area contributed by atoms with Crippen LogP contribution in [0, 0.1) is 0 Å². The Bertz CT molecular complexity index is 262. The molecule has 0 nitrogen and oxygen atoms in total. The molecule has 52 valence electrons. The van der Waals surface area contributed by atoms with Gasteiger partial charge >= 0.3 is 0 Å². The van der Waals surface area contributed by atoms with Gasteiger partial charge in [-0.25, -0.2) is 0 Å². The summed E-state index contributed by atoms with van der Waals surface area (Å²) in [7, 11) is 1.03. The molecular weight excluding hydrogens is 148 g/mol. The van der Waals surface area contributed by atoms with Gasteiger partial charge in [-0.2, -0.15) is 0 Å². The molecule has 1 heterocycles. The molecule has 1 heteroatoms. The molecule has 11 heavy (non-hydrogen) atoms. The highest BCUT2D eigenvalue weighted by Gasteiger charge is 2.63. The molecule has 2 radical (unpaired) electrons. The summed E-state index contributed by atoms with van der Waals surface area (Å²) in [6.45, 7) is 0. The highest BCUT2D eigenvalue weighted by Crippen LogP contribution is 2.74. The average Bonchev–Trinajstić information content (AvgIpc) is 2.72. The fourth-order valence-corrected chi connectivity index (χ4v) is 3.64. The lowest BCUT2D eigenvalue weighted by Gasteiger charge is -2.19. The third kappa shape index (κ3) is 0.519. The zero-order valence-electron chi connectivity index (χ0n) is 6.12. The van der Waals surface area contributed by atoms with Crippen molar-refractivity contribution >= 4 is 9.52 Å². The van der Waals surface area contributed by atoms with Gasteiger partial charge in [-0.3, -0.25) is 0 Å². The van der Waals surface area contributed by atoms with E-state index < -0.39 is 0 Å². The van der Waals surface area contributed by atoms with Crippen molar-refractivity contribution in [1.82, 2.24) is 0 Å². The first-order valence-corrected chi connectivity index (χ1v) is 4.90. The van der Waals surface area contributed by atoms with Crippen LogP contribution in [0.2, 0.25) is 10.1 Å². The first-order chi connectivity index (χ1) is 5.37. The molecular formula is C10H8Si. The van der Waals surface area contributed by atoms with Crippen LogP contribution in [0.4, 0.5) is 0 Å². The van der Waals surface area contributed by atoms with Gasteiger partial charge in [-0.05, 0) is 0 Å². The summed E-state index contributed by atoms with van der Waals surface area (Å²) in [6.07, 6.45) is 18.0. The maximum Gasteiger partial charge on any atom is 0.0764 e. The second-order valence-corrected chi connectivity index (χ2v) is 5.20. The highest BCUT2D eigenvalue weighted by atomic mass is 28.2. The van der Waals surface area contributed by atoms with Crippen LogP contribution in [0.5, 0.6) is 0 Å². The highest BCUT2D eigenvalue weighted by molar-refractivity contribution is 6.64. The molecule has 2 aliphatic carbocycles. The monoisotopic (exact) mass is 156 g/mol. The van der Waals surface area contributed by atoms with Crippen LogP contribution in [0.15, 0.2) is 48.6 Å². The van der Waals surface area contributed by atoms with Crippen molar-refractivity contribution in [2.75, 3.05) is 0 Å². The minimum atomic E-state index is 0.413. The largest absolute Gasteiger partial charge is 0.0770 e. The minimum absolute atomic E-state index is 0.413. The maximum atomic E-state index is 2.34. The summed E-state index contributed by atoms with van der Waals surface area (Å²) in [6, 6.07) is 0. The fraction of sp³-hybridized carbons (Fsp3) is 0.200. The number of hydrogen-bond acceptors (Lipinski definition) is 0. The van der Waals surface area contributed by atoms with Gasteiger partial charge in [0.15, 0.2) is 0 Å². The fourth-order valence-electron chi connectivity index (χ4n) is 1.97. The van der Waals surface area contributed by atoms with Crippen LogP contribution in [-0.2, 0) is 0 Å². The van der Waals surface area contributed by atoms with Crippen molar-refractivity contribution in [2.24, 2.45) is 0 Å². The molecule has 0 aromatic heterocycles. The normalized spacial score (nSPS) is 48.7. The van der Waals surface area contributed by atoms with Crippen molar-refractivity contribution in [2.45, 2.75) is 10.1 Å². The lowest BCUT2D eigenvalue weighted by atomic mass is 9.85. The first kappa shape index (κ1) is 5.78. The quantitative estimate of drug-likeness (QED) is 0.472. The second kappa shape index (κ2) is 1.51. The van der Waals surface area contributed by atoms with Crippen molar-refractivity contribution in [3.8, 4) is 0 Å². The molecule has 0 spiro atoms. The van der Waals surface area contributed by atoms with Crippen LogP contribution in [0.3, 0.4) is 0 Å². The number of rotatable bonds is 0. The maximum absolute atomic E-state index is 2.34. The molecule has 0 saturated carbocycles. The van der Waals surface area contributed by atoms with Crippen LogP contribution in [0.1, 0.15) is 0 Å². The molecule has 1 fully saturated rings. The Morgan fingerprint density at radius 3 is 1.36 bits per heavy atom.